The van der Waals surface area contributed by atoms with Gasteiger partial charge in [0.2, 0.25) is 0 Å². The van der Waals surface area contributed by atoms with Gasteiger partial charge in [-0.3, -0.25) is 9.98 Å². The topological polar surface area (TPSA) is 24.7 Å². The SMILES string of the molecule is C/C(=N\c1ccccc1C(C)(C)C)c1ccc(/C(C)=N/c2ccccc2C(C)(C)C)s1. The second-order valence-electron chi connectivity index (χ2n) is 10.1. The third kappa shape index (κ3) is 5.59. The minimum atomic E-state index is 0.0602. The molecule has 3 heteroatoms. The van der Waals surface area contributed by atoms with Crippen LogP contribution in [0.4, 0.5) is 11.4 Å². The summed E-state index contributed by atoms with van der Waals surface area (Å²) in [5, 5.41) is 0. The molecule has 3 aromatic rings. The van der Waals surface area contributed by atoms with E-state index in [4.69, 9.17) is 9.98 Å². The second kappa shape index (κ2) is 8.92. The van der Waals surface area contributed by atoms with Gasteiger partial charge < -0.3 is 0 Å². The number of aliphatic imine (C=N–C) groups is 2. The molecule has 0 bridgehead atoms. The van der Waals surface area contributed by atoms with E-state index in [9.17, 15) is 0 Å². The Labute approximate surface area is 191 Å². The van der Waals surface area contributed by atoms with Gasteiger partial charge in [-0.05, 0) is 60.1 Å². The fraction of sp³-hybridized carbons (Fsp3) is 0.357. The number of para-hydroxylation sites is 2. The predicted molar refractivity (Wildman–Crippen MR) is 138 cm³/mol. The normalized spacial score (nSPS) is 13.5. The van der Waals surface area contributed by atoms with Crippen LogP contribution in [0, 0.1) is 0 Å². The standard InChI is InChI=1S/C28H34N2S/c1-19(29-23-15-11-9-13-21(23)27(3,4)5)25-17-18-26(31-25)20(2)30-24-16-12-10-14-22(24)28(6,7)8/h9-18H,1-8H3/b29-19+,30-20+. The zero-order valence-corrected chi connectivity index (χ0v) is 20.9. The highest BCUT2D eigenvalue weighted by molar-refractivity contribution is 7.16. The van der Waals surface area contributed by atoms with Crippen molar-refractivity contribution in [3.05, 3.63) is 81.5 Å². The van der Waals surface area contributed by atoms with Crippen LogP contribution in [0.2, 0.25) is 0 Å². The third-order valence-electron chi connectivity index (χ3n) is 5.32. The maximum Gasteiger partial charge on any atom is 0.0670 e. The molecule has 0 saturated heterocycles. The Bertz CT molecular complexity index is 1030. The van der Waals surface area contributed by atoms with Crippen LogP contribution >= 0.6 is 11.3 Å². The number of benzene rings is 2. The molecule has 0 N–H and O–H groups in total. The van der Waals surface area contributed by atoms with E-state index in [-0.39, 0.29) is 10.8 Å². The first-order valence-electron chi connectivity index (χ1n) is 10.9. The highest BCUT2D eigenvalue weighted by Crippen LogP contribution is 2.33. The first-order valence-corrected chi connectivity index (χ1v) is 11.7. The average molecular weight is 431 g/mol. The molecule has 0 fully saturated rings. The van der Waals surface area contributed by atoms with Gasteiger partial charge in [0, 0.05) is 9.75 Å². The van der Waals surface area contributed by atoms with Crippen LogP contribution in [0.1, 0.15) is 76.3 Å². The zero-order valence-electron chi connectivity index (χ0n) is 20.1. The second-order valence-corrected chi connectivity index (χ2v) is 11.2. The fourth-order valence-electron chi connectivity index (χ4n) is 3.61. The van der Waals surface area contributed by atoms with Gasteiger partial charge in [-0.15, -0.1) is 11.3 Å². The number of hydrogen-bond acceptors (Lipinski definition) is 3. The van der Waals surface area contributed by atoms with Gasteiger partial charge in [-0.2, -0.15) is 0 Å². The monoisotopic (exact) mass is 430 g/mol. The van der Waals surface area contributed by atoms with Gasteiger partial charge in [0.1, 0.15) is 0 Å². The molecule has 0 aliphatic heterocycles. The molecule has 0 spiro atoms. The molecule has 1 aromatic heterocycles. The van der Waals surface area contributed by atoms with Crippen molar-refractivity contribution in [3.8, 4) is 0 Å². The van der Waals surface area contributed by atoms with Crippen molar-refractivity contribution in [1.82, 2.24) is 0 Å². The molecule has 3 rings (SSSR count). The highest BCUT2D eigenvalue weighted by atomic mass is 32.1. The molecule has 0 amide bonds. The molecule has 31 heavy (non-hydrogen) atoms. The lowest BCUT2D eigenvalue weighted by Crippen LogP contribution is -2.11. The smallest absolute Gasteiger partial charge is 0.0670 e. The van der Waals surface area contributed by atoms with E-state index < -0.39 is 0 Å². The van der Waals surface area contributed by atoms with E-state index in [0.29, 0.717) is 0 Å². The van der Waals surface area contributed by atoms with E-state index in [0.717, 1.165) is 22.8 Å². The van der Waals surface area contributed by atoms with Crippen molar-refractivity contribution >= 4 is 34.1 Å². The Morgan fingerprint density at radius 2 is 0.935 bits per heavy atom. The Kier molecular flexibility index (Phi) is 6.66. The number of rotatable bonds is 4. The highest BCUT2D eigenvalue weighted by Gasteiger charge is 2.19. The van der Waals surface area contributed by atoms with Crippen molar-refractivity contribution in [3.63, 3.8) is 0 Å². The Morgan fingerprint density at radius 1 is 0.581 bits per heavy atom. The van der Waals surface area contributed by atoms with E-state index in [1.807, 2.05) is 0 Å². The quantitative estimate of drug-likeness (QED) is 0.370. The Hall–Kier alpha value is -2.52. The number of nitrogens with zero attached hydrogens (tertiary/aromatic N) is 2. The molecule has 1 heterocycles. The molecule has 162 valence electrons. The van der Waals surface area contributed by atoms with Crippen molar-refractivity contribution in [2.24, 2.45) is 9.98 Å². The summed E-state index contributed by atoms with van der Waals surface area (Å²) >= 11 is 1.75. The van der Waals surface area contributed by atoms with Crippen LogP contribution in [-0.2, 0) is 10.8 Å². The lowest BCUT2D eigenvalue weighted by Gasteiger charge is -2.21. The number of thiophene rings is 1. The lowest BCUT2D eigenvalue weighted by molar-refractivity contribution is 0.591. The van der Waals surface area contributed by atoms with Crippen LogP contribution in [0.15, 0.2) is 70.6 Å². The van der Waals surface area contributed by atoms with Gasteiger partial charge in [-0.25, -0.2) is 0 Å². The van der Waals surface area contributed by atoms with Crippen molar-refractivity contribution in [1.29, 1.82) is 0 Å². The first-order chi connectivity index (χ1) is 14.5. The molecule has 0 saturated carbocycles. The molecule has 0 atom stereocenters. The van der Waals surface area contributed by atoms with Gasteiger partial charge >= 0.3 is 0 Å². The van der Waals surface area contributed by atoms with Gasteiger partial charge in [0.25, 0.3) is 0 Å². The van der Waals surface area contributed by atoms with Crippen LogP contribution in [-0.4, -0.2) is 11.4 Å². The van der Waals surface area contributed by atoms with Crippen molar-refractivity contribution in [2.45, 2.75) is 66.2 Å². The summed E-state index contributed by atoms with van der Waals surface area (Å²) < 4.78 is 0. The van der Waals surface area contributed by atoms with E-state index >= 15 is 0 Å². The number of hydrogen-bond donors (Lipinski definition) is 0. The van der Waals surface area contributed by atoms with Crippen LogP contribution < -0.4 is 0 Å². The molecule has 0 unspecified atom stereocenters. The zero-order chi connectivity index (χ0) is 22.8. The van der Waals surface area contributed by atoms with Gasteiger partial charge in [-0.1, -0.05) is 77.9 Å². The van der Waals surface area contributed by atoms with Crippen LogP contribution in [0.25, 0.3) is 0 Å². The maximum absolute atomic E-state index is 4.99. The Balaban J connectivity index is 1.93. The van der Waals surface area contributed by atoms with E-state index in [1.54, 1.807) is 11.3 Å². The van der Waals surface area contributed by atoms with Crippen molar-refractivity contribution in [2.75, 3.05) is 0 Å². The lowest BCUT2D eigenvalue weighted by atomic mass is 9.86. The first kappa shape index (κ1) is 23.1. The average Bonchev–Trinajstić information content (AvgIpc) is 3.18. The third-order valence-corrected chi connectivity index (χ3v) is 6.62. The van der Waals surface area contributed by atoms with Gasteiger partial charge in [0.15, 0.2) is 0 Å². The molecule has 0 radical (unpaired) electrons. The molecule has 2 nitrogen and oxygen atoms in total. The molecule has 2 aromatic carbocycles. The molecular formula is C28H34N2S. The summed E-state index contributed by atoms with van der Waals surface area (Å²) in [4.78, 5) is 12.3. The van der Waals surface area contributed by atoms with Crippen LogP contribution in [0.3, 0.4) is 0 Å². The summed E-state index contributed by atoms with van der Waals surface area (Å²) in [5.74, 6) is 0. The minimum absolute atomic E-state index is 0.0602. The Morgan fingerprint density at radius 3 is 1.29 bits per heavy atom. The maximum atomic E-state index is 4.99. The van der Waals surface area contributed by atoms with Crippen LogP contribution in [0.5, 0.6) is 0 Å². The summed E-state index contributed by atoms with van der Waals surface area (Å²) in [6.07, 6.45) is 0. The van der Waals surface area contributed by atoms with Gasteiger partial charge in [0.05, 0.1) is 22.8 Å². The molecule has 0 aliphatic rings. The largest absolute Gasteiger partial charge is 0.252 e. The summed E-state index contributed by atoms with van der Waals surface area (Å²) in [6.45, 7) is 17.6. The van der Waals surface area contributed by atoms with E-state index in [1.165, 1.54) is 20.9 Å². The minimum Gasteiger partial charge on any atom is -0.252 e. The molecular weight excluding hydrogens is 396 g/mol. The summed E-state index contributed by atoms with van der Waals surface area (Å²) in [5.41, 5.74) is 6.82. The summed E-state index contributed by atoms with van der Waals surface area (Å²) in [6, 6.07) is 21.2. The van der Waals surface area contributed by atoms with E-state index in [2.05, 4.69) is 116 Å². The fourth-order valence-corrected chi connectivity index (χ4v) is 4.50. The predicted octanol–water partition coefficient (Wildman–Crippen LogP) is 8.62. The molecule has 0 aliphatic carbocycles. The van der Waals surface area contributed by atoms with Crippen molar-refractivity contribution < 1.29 is 0 Å². The summed E-state index contributed by atoms with van der Waals surface area (Å²) in [7, 11) is 0.